The van der Waals surface area contributed by atoms with Gasteiger partial charge in [-0.2, -0.15) is 0 Å². The van der Waals surface area contributed by atoms with Crippen molar-refractivity contribution in [1.82, 2.24) is 0 Å². The van der Waals surface area contributed by atoms with Crippen LogP contribution in [0.3, 0.4) is 0 Å². The average molecular weight is 339 g/mol. The highest BCUT2D eigenvalue weighted by atomic mass is 19.1. The molecule has 0 saturated carbocycles. The molecule has 0 aromatic heterocycles. The van der Waals surface area contributed by atoms with Crippen LogP contribution in [0, 0.1) is 5.82 Å². The van der Waals surface area contributed by atoms with Crippen molar-refractivity contribution in [3.63, 3.8) is 0 Å². The molecule has 26 heavy (non-hydrogen) atoms. The maximum atomic E-state index is 14.8. The van der Waals surface area contributed by atoms with Crippen LogP contribution in [-0.2, 0) is 0 Å². The van der Waals surface area contributed by atoms with E-state index in [2.05, 4.69) is 5.32 Å². The molecule has 1 nitrogen and oxygen atoms in total. The zero-order valence-corrected chi connectivity index (χ0v) is 14.2. The van der Waals surface area contributed by atoms with Gasteiger partial charge < -0.3 is 5.32 Å². The van der Waals surface area contributed by atoms with Crippen LogP contribution in [-0.4, -0.2) is 0 Å². The van der Waals surface area contributed by atoms with Gasteiger partial charge in [-0.1, -0.05) is 78.9 Å². The fraction of sp³-hybridized carbons (Fsp3) is 0. The summed E-state index contributed by atoms with van der Waals surface area (Å²) in [6.07, 6.45) is 0. The van der Waals surface area contributed by atoms with E-state index < -0.39 is 0 Å². The van der Waals surface area contributed by atoms with Crippen molar-refractivity contribution in [3.8, 4) is 22.3 Å². The molecule has 0 bridgehead atoms. The Bertz CT molecular complexity index is 1010. The lowest BCUT2D eigenvalue weighted by Gasteiger charge is -2.16. The van der Waals surface area contributed by atoms with E-state index in [1.54, 1.807) is 6.07 Å². The second-order valence-corrected chi connectivity index (χ2v) is 6.07. The number of benzene rings is 4. The van der Waals surface area contributed by atoms with E-state index >= 15 is 0 Å². The van der Waals surface area contributed by atoms with Crippen LogP contribution in [0.5, 0.6) is 0 Å². The molecule has 2 heteroatoms. The largest absolute Gasteiger partial charge is 0.355 e. The van der Waals surface area contributed by atoms with Crippen molar-refractivity contribution < 1.29 is 4.39 Å². The Morgan fingerprint density at radius 2 is 1.15 bits per heavy atom. The second-order valence-electron chi connectivity index (χ2n) is 6.07. The van der Waals surface area contributed by atoms with Gasteiger partial charge in [0, 0.05) is 22.5 Å². The van der Waals surface area contributed by atoms with E-state index in [9.17, 15) is 4.39 Å². The number of rotatable bonds is 4. The minimum Gasteiger partial charge on any atom is -0.355 e. The first-order chi connectivity index (χ1) is 12.8. The third-order valence-electron chi connectivity index (χ3n) is 4.35. The Hall–Kier alpha value is -3.39. The predicted molar refractivity (Wildman–Crippen MR) is 107 cm³/mol. The Morgan fingerprint density at radius 1 is 0.538 bits per heavy atom. The Morgan fingerprint density at radius 3 is 1.92 bits per heavy atom. The van der Waals surface area contributed by atoms with Gasteiger partial charge in [-0.3, -0.25) is 0 Å². The summed E-state index contributed by atoms with van der Waals surface area (Å²) >= 11 is 0. The molecule has 0 spiro atoms. The summed E-state index contributed by atoms with van der Waals surface area (Å²) in [5.41, 5.74) is 5.27. The molecule has 4 aromatic rings. The molecule has 0 atom stereocenters. The summed E-state index contributed by atoms with van der Waals surface area (Å²) in [5, 5.41) is 3.45. The Balaban J connectivity index is 1.86. The molecule has 0 fully saturated rings. The molecule has 0 radical (unpaired) electrons. The third-order valence-corrected chi connectivity index (χ3v) is 4.35. The smallest absolute Gasteiger partial charge is 0.131 e. The van der Waals surface area contributed by atoms with Gasteiger partial charge in [-0.25, -0.2) is 4.39 Å². The van der Waals surface area contributed by atoms with E-state index in [4.69, 9.17) is 0 Å². The first-order valence-corrected chi connectivity index (χ1v) is 8.58. The molecule has 0 heterocycles. The normalized spacial score (nSPS) is 10.5. The Labute approximate surface area is 152 Å². The first kappa shape index (κ1) is 16.1. The minimum atomic E-state index is -0.219. The molecule has 4 aromatic carbocycles. The van der Waals surface area contributed by atoms with Crippen LogP contribution < -0.4 is 5.32 Å². The molecule has 0 unspecified atom stereocenters. The summed E-state index contributed by atoms with van der Waals surface area (Å²) in [6.45, 7) is 0. The van der Waals surface area contributed by atoms with Crippen LogP contribution in [0.25, 0.3) is 22.3 Å². The van der Waals surface area contributed by atoms with Gasteiger partial charge in [-0.15, -0.1) is 0 Å². The van der Waals surface area contributed by atoms with Gasteiger partial charge in [0.1, 0.15) is 5.82 Å². The topological polar surface area (TPSA) is 12.0 Å². The number of halogens is 1. The monoisotopic (exact) mass is 339 g/mol. The standard InChI is InChI=1S/C24H18FN/c25-22-16-9-15-21(24(22)18-10-3-1-4-11-18)20-14-7-8-17-23(20)26-19-12-5-2-6-13-19/h1-17,26H. The van der Waals surface area contributed by atoms with Crippen molar-refractivity contribution in [2.24, 2.45) is 0 Å². The third kappa shape index (κ3) is 3.22. The number of anilines is 2. The van der Waals surface area contributed by atoms with Crippen molar-refractivity contribution in [2.45, 2.75) is 0 Å². The van der Waals surface area contributed by atoms with Crippen LogP contribution in [0.2, 0.25) is 0 Å². The molecular formula is C24H18FN. The number of para-hydroxylation sites is 2. The maximum Gasteiger partial charge on any atom is 0.131 e. The number of hydrogen-bond acceptors (Lipinski definition) is 1. The lowest BCUT2D eigenvalue weighted by molar-refractivity contribution is 0.632. The molecule has 0 aliphatic carbocycles. The lowest BCUT2D eigenvalue weighted by atomic mass is 9.93. The number of nitrogens with one attached hydrogen (secondary N) is 1. The van der Waals surface area contributed by atoms with E-state index in [0.717, 1.165) is 28.1 Å². The van der Waals surface area contributed by atoms with E-state index in [0.29, 0.717) is 5.56 Å². The van der Waals surface area contributed by atoms with Crippen molar-refractivity contribution in [1.29, 1.82) is 0 Å². The van der Waals surface area contributed by atoms with Gasteiger partial charge in [0.05, 0.1) is 0 Å². The highest BCUT2D eigenvalue weighted by Crippen LogP contribution is 2.38. The molecule has 1 N–H and O–H groups in total. The van der Waals surface area contributed by atoms with Gasteiger partial charge in [0.25, 0.3) is 0 Å². The van der Waals surface area contributed by atoms with Gasteiger partial charge in [0.15, 0.2) is 0 Å². The SMILES string of the molecule is Fc1cccc(-c2ccccc2Nc2ccccc2)c1-c1ccccc1. The molecule has 0 amide bonds. The number of hydrogen-bond donors (Lipinski definition) is 1. The first-order valence-electron chi connectivity index (χ1n) is 8.58. The minimum absolute atomic E-state index is 0.219. The molecule has 4 rings (SSSR count). The van der Waals surface area contributed by atoms with Crippen molar-refractivity contribution in [2.75, 3.05) is 5.32 Å². The van der Waals surface area contributed by atoms with Crippen LogP contribution >= 0.6 is 0 Å². The highest BCUT2D eigenvalue weighted by Gasteiger charge is 2.14. The lowest BCUT2D eigenvalue weighted by Crippen LogP contribution is -1.95. The summed E-state index contributed by atoms with van der Waals surface area (Å²) < 4.78 is 14.8. The van der Waals surface area contributed by atoms with E-state index in [1.807, 2.05) is 91.0 Å². The van der Waals surface area contributed by atoms with Crippen molar-refractivity contribution in [3.05, 3.63) is 109 Å². The maximum absolute atomic E-state index is 14.8. The Kier molecular flexibility index (Phi) is 4.48. The fourth-order valence-corrected chi connectivity index (χ4v) is 3.15. The molecule has 126 valence electrons. The summed E-state index contributed by atoms with van der Waals surface area (Å²) in [4.78, 5) is 0. The zero-order valence-electron chi connectivity index (χ0n) is 14.2. The fourth-order valence-electron chi connectivity index (χ4n) is 3.15. The molecule has 0 aliphatic heterocycles. The van der Waals surface area contributed by atoms with E-state index in [1.165, 1.54) is 6.07 Å². The van der Waals surface area contributed by atoms with E-state index in [-0.39, 0.29) is 5.82 Å². The van der Waals surface area contributed by atoms with Crippen molar-refractivity contribution >= 4 is 11.4 Å². The zero-order chi connectivity index (χ0) is 17.8. The van der Waals surface area contributed by atoms with Gasteiger partial charge in [0.2, 0.25) is 0 Å². The molecule has 0 saturated heterocycles. The van der Waals surface area contributed by atoms with Crippen LogP contribution in [0.4, 0.5) is 15.8 Å². The molecule has 0 aliphatic rings. The highest BCUT2D eigenvalue weighted by molar-refractivity contribution is 5.90. The van der Waals surface area contributed by atoms with Crippen LogP contribution in [0.1, 0.15) is 0 Å². The summed E-state index contributed by atoms with van der Waals surface area (Å²) in [6, 6.07) is 32.9. The summed E-state index contributed by atoms with van der Waals surface area (Å²) in [5.74, 6) is -0.219. The van der Waals surface area contributed by atoms with Gasteiger partial charge in [-0.05, 0) is 35.4 Å². The van der Waals surface area contributed by atoms with Crippen LogP contribution in [0.15, 0.2) is 103 Å². The predicted octanol–water partition coefficient (Wildman–Crippen LogP) is 6.90. The second kappa shape index (κ2) is 7.24. The van der Waals surface area contributed by atoms with Gasteiger partial charge >= 0.3 is 0 Å². The summed E-state index contributed by atoms with van der Waals surface area (Å²) in [7, 11) is 0. The average Bonchev–Trinajstić information content (AvgIpc) is 2.70. The quantitative estimate of drug-likeness (QED) is 0.426. The molecular weight excluding hydrogens is 321 g/mol.